The lowest BCUT2D eigenvalue weighted by Gasteiger charge is -2.27. The Balaban J connectivity index is 1.40. The summed E-state index contributed by atoms with van der Waals surface area (Å²) in [4.78, 5) is 48.7. The van der Waals surface area contributed by atoms with Crippen LogP contribution in [0.1, 0.15) is 71.7 Å². The molecule has 1 saturated carbocycles. The van der Waals surface area contributed by atoms with E-state index in [1.54, 1.807) is 0 Å². The molecule has 4 rings (SSSR count). The van der Waals surface area contributed by atoms with Crippen molar-refractivity contribution in [1.29, 1.82) is 5.26 Å². The number of hydrazine groups is 1. The number of benzene rings is 1. The molecule has 3 amide bonds. The van der Waals surface area contributed by atoms with Gasteiger partial charge in [-0.3, -0.25) is 19.8 Å². The SMILES string of the molecule is Cc1c(C#N)c(NC(=O)COC(=O)c2ccc(N3NC(=O)CCC3=O)cc2)n(C2CCCC2)c1C. The van der Waals surface area contributed by atoms with Crippen molar-refractivity contribution in [2.45, 2.75) is 58.4 Å². The van der Waals surface area contributed by atoms with Gasteiger partial charge in [-0.25, -0.2) is 9.80 Å². The lowest BCUT2D eigenvalue weighted by molar-refractivity contribution is -0.130. The predicted molar refractivity (Wildman–Crippen MR) is 126 cm³/mol. The van der Waals surface area contributed by atoms with Gasteiger partial charge in [0.2, 0.25) is 11.8 Å². The maximum Gasteiger partial charge on any atom is 0.338 e. The maximum absolute atomic E-state index is 12.6. The van der Waals surface area contributed by atoms with Crippen molar-refractivity contribution >= 4 is 35.2 Å². The smallest absolute Gasteiger partial charge is 0.338 e. The van der Waals surface area contributed by atoms with Crippen molar-refractivity contribution in [3.8, 4) is 6.07 Å². The monoisotopic (exact) mass is 477 g/mol. The van der Waals surface area contributed by atoms with E-state index in [4.69, 9.17) is 4.74 Å². The number of nitriles is 1. The van der Waals surface area contributed by atoms with Crippen LogP contribution in [0.5, 0.6) is 0 Å². The fraction of sp³-hybridized carbons (Fsp3) is 0.400. The van der Waals surface area contributed by atoms with Gasteiger partial charge in [-0.15, -0.1) is 0 Å². The van der Waals surface area contributed by atoms with Gasteiger partial charge in [-0.05, 0) is 56.5 Å². The minimum Gasteiger partial charge on any atom is -0.452 e. The van der Waals surface area contributed by atoms with Crippen molar-refractivity contribution in [3.05, 3.63) is 46.6 Å². The Morgan fingerprint density at radius 2 is 1.83 bits per heavy atom. The summed E-state index contributed by atoms with van der Waals surface area (Å²) >= 11 is 0. The highest BCUT2D eigenvalue weighted by Crippen LogP contribution is 2.37. The van der Waals surface area contributed by atoms with Crippen LogP contribution in [-0.2, 0) is 19.1 Å². The van der Waals surface area contributed by atoms with Crippen LogP contribution in [-0.4, -0.2) is 34.9 Å². The van der Waals surface area contributed by atoms with Crippen LogP contribution in [0.2, 0.25) is 0 Å². The number of hydrogen-bond acceptors (Lipinski definition) is 6. The van der Waals surface area contributed by atoms with Crippen molar-refractivity contribution in [3.63, 3.8) is 0 Å². The van der Waals surface area contributed by atoms with Gasteiger partial charge >= 0.3 is 5.97 Å². The van der Waals surface area contributed by atoms with Crippen molar-refractivity contribution < 1.29 is 23.9 Å². The molecule has 1 aliphatic carbocycles. The topological polar surface area (TPSA) is 134 Å². The number of anilines is 2. The van der Waals surface area contributed by atoms with Crippen molar-refractivity contribution in [1.82, 2.24) is 9.99 Å². The Kier molecular flexibility index (Phi) is 6.87. The molecule has 35 heavy (non-hydrogen) atoms. The van der Waals surface area contributed by atoms with E-state index < -0.39 is 18.5 Å². The first-order valence-corrected chi connectivity index (χ1v) is 11.6. The maximum atomic E-state index is 12.6. The molecular formula is C25H27N5O5. The van der Waals surface area contributed by atoms with Crippen molar-refractivity contribution in [2.75, 3.05) is 16.9 Å². The molecule has 2 fully saturated rings. The average molecular weight is 478 g/mol. The third-order valence-corrected chi connectivity index (χ3v) is 6.56. The zero-order chi connectivity index (χ0) is 25.1. The number of amides is 3. The first-order chi connectivity index (χ1) is 16.8. The molecule has 0 bridgehead atoms. The number of carbonyl (C=O) groups excluding carboxylic acids is 4. The normalized spacial score (nSPS) is 16.1. The van der Waals surface area contributed by atoms with E-state index in [1.807, 2.05) is 18.4 Å². The fourth-order valence-corrected chi connectivity index (χ4v) is 4.62. The van der Waals surface area contributed by atoms with E-state index in [1.165, 1.54) is 24.3 Å². The van der Waals surface area contributed by atoms with Crippen LogP contribution in [0.25, 0.3) is 0 Å². The van der Waals surface area contributed by atoms with Crippen LogP contribution >= 0.6 is 0 Å². The molecule has 0 unspecified atom stereocenters. The van der Waals surface area contributed by atoms with Gasteiger partial charge in [-0.1, -0.05) is 12.8 Å². The molecular weight excluding hydrogens is 450 g/mol. The van der Waals surface area contributed by atoms with Crippen LogP contribution in [0.4, 0.5) is 11.5 Å². The molecule has 1 aromatic heterocycles. The molecule has 1 aromatic carbocycles. The fourth-order valence-electron chi connectivity index (χ4n) is 4.62. The summed E-state index contributed by atoms with van der Waals surface area (Å²) in [5.74, 6) is -1.30. The Morgan fingerprint density at radius 1 is 1.14 bits per heavy atom. The Bertz CT molecular complexity index is 1220. The van der Waals surface area contributed by atoms with Gasteiger partial charge in [0.1, 0.15) is 11.9 Å². The minimum atomic E-state index is -0.709. The number of rotatable bonds is 6. The lowest BCUT2D eigenvalue weighted by Crippen LogP contribution is -2.50. The predicted octanol–water partition coefficient (Wildman–Crippen LogP) is 3.05. The van der Waals surface area contributed by atoms with Crippen LogP contribution < -0.4 is 15.8 Å². The molecule has 1 aliphatic heterocycles. The number of carbonyl (C=O) groups is 4. The summed E-state index contributed by atoms with van der Waals surface area (Å²) in [6.07, 6.45) is 4.43. The van der Waals surface area contributed by atoms with Crippen molar-refractivity contribution in [2.24, 2.45) is 0 Å². The second-order valence-electron chi connectivity index (χ2n) is 8.79. The standard InChI is InChI=1S/C25H27N5O5/c1-15-16(2)29(18-5-3-4-6-18)24(20(15)13-26)27-22(32)14-35-25(34)17-7-9-19(10-8-17)30-23(33)12-11-21(31)28-30/h7-10,18H,3-6,11-12,14H2,1-2H3,(H,27,32)(H,28,31). The molecule has 0 atom stereocenters. The van der Waals surface area contributed by atoms with E-state index in [2.05, 4.69) is 16.8 Å². The van der Waals surface area contributed by atoms with E-state index >= 15 is 0 Å². The summed E-state index contributed by atoms with van der Waals surface area (Å²) < 4.78 is 7.20. The van der Waals surface area contributed by atoms with Gasteiger partial charge in [0.25, 0.3) is 5.91 Å². The zero-order valence-electron chi connectivity index (χ0n) is 19.7. The number of hydrogen-bond donors (Lipinski definition) is 2. The second-order valence-corrected chi connectivity index (χ2v) is 8.79. The molecule has 0 spiro atoms. The van der Waals surface area contributed by atoms with Crippen LogP contribution in [0, 0.1) is 25.2 Å². The third-order valence-electron chi connectivity index (χ3n) is 6.56. The highest BCUT2D eigenvalue weighted by molar-refractivity contribution is 6.01. The third kappa shape index (κ3) is 4.89. The summed E-state index contributed by atoms with van der Waals surface area (Å²) in [7, 11) is 0. The molecule has 2 N–H and O–H groups in total. The zero-order valence-corrected chi connectivity index (χ0v) is 19.7. The highest BCUT2D eigenvalue weighted by Gasteiger charge is 2.27. The molecule has 0 radical (unpaired) electrons. The average Bonchev–Trinajstić information content (AvgIpc) is 3.46. The summed E-state index contributed by atoms with van der Waals surface area (Å²) in [5.41, 5.74) is 5.29. The Hall–Kier alpha value is -4.13. The molecule has 182 valence electrons. The molecule has 2 aromatic rings. The first kappa shape index (κ1) is 24.0. The van der Waals surface area contributed by atoms with Gasteiger partial charge < -0.3 is 14.6 Å². The second kappa shape index (κ2) is 10.0. The number of nitrogens with zero attached hydrogens (tertiary/aromatic N) is 3. The summed E-state index contributed by atoms with van der Waals surface area (Å²) in [6, 6.07) is 8.35. The number of esters is 1. The molecule has 2 heterocycles. The van der Waals surface area contributed by atoms with Crippen LogP contribution in [0.3, 0.4) is 0 Å². The molecule has 1 saturated heterocycles. The quantitative estimate of drug-likeness (QED) is 0.615. The van der Waals surface area contributed by atoms with E-state index in [0.717, 1.165) is 41.9 Å². The van der Waals surface area contributed by atoms with E-state index in [9.17, 15) is 24.4 Å². The number of aromatic nitrogens is 1. The van der Waals surface area contributed by atoms with Crippen LogP contribution in [0.15, 0.2) is 24.3 Å². The summed E-state index contributed by atoms with van der Waals surface area (Å²) in [5, 5.41) is 13.6. The molecule has 2 aliphatic rings. The van der Waals surface area contributed by atoms with Gasteiger partial charge in [0.15, 0.2) is 6.61 Å². The van der Waals surface area contributed by atoms with Gasteiger partial charge in [-0.2, -0.15) is 5.26 Å². The summed E-state index contributed by atoms with van der Waals surface area (Å²) in [6.45, 7) is 3.29. The molecule has 10 heteroatoms. The first-order valence-electron chi connectivity index (χ1n) is 11.6. The number of nitrogens with one attached hydrogen (secondary N) is 2. The van der Waals surface area contributed by atoms with Gasteiger partial charge in [0, 0.05) is 24.6 Å². The largest absolute Gasteiger partial charge is 0.452 e. The highest BCUT2D eigenvalue weighted by atomic mass is 16.5. The number of ether oxygens (including phenoxy) is 1. The van der Waals surface area contributed by atoms with Gasteiger partial charge in [0.05, 0.1) is 16.8 Å². The Labute approximate surface area is 202 Å². The van der Waals surface area contributed by atoms with E-state index in [0.29, 0.717) is 17.1 Å². The lowest BCUT2D eigenvalue weighted by atomic mass is 10.2. The molecule has 10 nitrogen and oxygen atoms in total. The Morgan fingerprint density at radius 3 is 2.49 bits per heavy atom. The minimum absolute atomic E-state index is 0.113. The van der Waals surface area contributed by atoms with E-state index in [-0.39, 0.29) is 36.3 Å².